The molecule has 29 heavy (non-hydrogen) atoms. The summed E-state index contributed by atoms with van der Waals surface area (Å²) in [4.78, 5) is 0. The molecule has 1 aliphatic rings. The lowest BCUT2D eigenvalue weighted by atomic mass is 9.71. The van der Waals surface area contributed by atoms with Crippen molar-refractivity contribution in [3.8, 4) is 11.1 Å². The molecule has 0 nitrogen and oxygen atoms in total. The fraction of sp³-hybridized carbons (Fsp3) is 0.517. The lowest BCUT2D eigenvalue weighted by molar-refractivity contribution is 0.215. The van der Waals surface area contributed by atoms with Gasteiger partial charge >= 0.3 is 0 Å². The molecule has 0 N–H and O–H groups in total. The Morgan fingerprint density at radius 2 is 1.41 bits per heavy atom. The van der Waals surface area contributed by atoms with Gasteiger partial charge in [-0.15, -0.1) is 0 Å². The van der Waals surface area contributed by atoms with E-state index in [1.54, 1.807) is 0 Å². The molecular weight excluding hydrogens is 348 g/mol. The number of aryl methyl sites for hydroxylation is 1. The zero-order valence-corrected chi connectivity index (χ0v) is 20.4. The zero-order valence-electron chi connectivity index (χ0n) is 20.4. The Balaban J connectivity index is 0.000000989. The molecule has 3 rings (SSSR count). The summed E-state index contributed by atoms with van der Waals surface area (Å²) in [5, 5.41) is 0. The quantitative estimate of drug-likeness (QED) is 0.486. The third-order valence-corrected chi connectivity index (χ3v) is 6.10. The van der Waals surface area contributed by atoms with E-state index in [0.29, 0.717) is 5.41 Å². The van der Waals surface area contributed by atoms with Gasteiger partial charge in [-0.25, -0.2) is 0 Å². The Labute approximate surface area is 181 Å². The molecule has 0 heterocycles. The molecular formula is C29H44. The summed E-state index contributed by atoms with van der Waals surface area (Å²) in [6.07, 6.45) is 12.7. The number of allylic oxidation sites excluding steroid dienone is 1. The van der Waals surface area contributed by atoms with Crippen LogP contribution in [0.25, 0.3) is 17.2 Å². The highest BCUT2D eigenvalue weighted by Crippen LogP contribution is 2.41. The van der Waals surface area contributed by atoms with Gasteiger partial charge < -0.3 is 0 Å². The van der Waals surface area contributed by atoms with Crippen LogP contribution in [-0.2, 0) is 6.42 Å². The molecule has 0 saturated heterocycles. The van der Waals surface area contributed by atoms with Crippen LogP contribution in [0.5, 0.6) is 0 Å². The highest BCUT2D eigenvalue weighted by Gasteiger charge is 2.28. The first-order valence-corrected chi connectivity index (χ1v) is 11.9. The Kier molecular flexibility index (Phi) is 11.0. The monoisotopic (exact) mass is 392 g/mol. The van der Waals surface area contributed by atoms with Gasteiger partial charge in [0.25, 0.3) is 0 Å². The first kappa shape index (κ1) is 25.2. The fourth-order valence-corrected chi connectivity index (χ4v) is 4.45. The molecule has 0 spiro atoms. The summed E-state index contributed by atoms with van der Waals surface area (Å²) in [7, 11) is 0. The topological polar surface area (TPSA) is 0 Å². The summed E-state index contributed by atoms with van der Waals surface area (Å²) < 4.78 is 0. The molecule has 0 radical (unpaired) electrons. The average Bonchev–Trinajstić information content (AvgIpc) is 2.75. The second-order valence-corrected chi connectivity index (χ2v) is 8.17. The second kappa shape index (κ2) is 12.7. The molecule has 1 fully saturated rings. The van der Waals surface area contributed by atoms with Crippen molar-refractivity contribution in [2.24, 2.45) is 5.41 Å². The van der Waals surface area contributed by atoms with E-state index >= 15 is 0 Å². The Bertz CT molecular complexity index is 758. The van der Waals surface area contributed by atoms with Crippen LogP contribution < -0.4 is 0 Å². The maximum atomic E-state index is 2.50. The van der Waals surface area contributed by atoms with Gasteiger partial charge in [0.2, 0.25) is 0 Å². The van der Waals surface area contributed by atoms with Crippen molar-refractivity contribution in [1.82, 2.24) is 0 Å². The smallest absolute Gasteiger partial charge is 0.0106 e. The Morgan fingerprint density at radius 3 is 2.03 bits per heavy atom. The molecule has 0 aromatic heterocycles. The summed E-state index contributed by atoms with van der Waals surface area (Å²) in [5.74, 6) is 0. The predicted octanol–water partition coefficient (Wildman–Crippen LogP) is 9.57. The molecule has 0 aliphatic heterocycles. The highest BCUT2D eigenvalue weighted by atomic mass is 14.3. The largest absolute Gasteiger partial charge is 0.0870 e. The summed E-state index contributed by atoms with van der Waals surface area (Å²) >= 11 is 0. The van der Waals surface area contributed by atoms with E-state index in [4.69, 9.17) is 0 Å². The Hall–Kier alpha value is -1.82. The van der Waals surface area contributed by atoms with E-state index in [2.05, 4.69) is 76.2 Å². The maximum absolute atomic E-state index is 2.50. The van der Waals surface area contributed by atoms with Crippen molar-refractivity contribution < 1.29 is 0 Å². The van der Waals surface area contributed by atoms with Crippen LogP contribution in [0.4, 0.5) is 0 Å². The van der Waals surface area contributed by atoms with Crippen molar-refractivity contribution >= 4 is 6.08 Å². The maximum Gasteiger partial charge on any atom is -0.0106 e. The molecule has 2 aromatic carbocycles. The van der Waals surface area contributed by atoms with E-state index in [1.807, 2.05) is 27.7 Å². The lowest BCUT2D eigenvalue weighted by Gasteiger charge is -2.34. The highest BCUT2D eigenvalue weighted by molar-refractivity contribution is 5.79. The number of hydrogen-bond acceptors (Lipinski definition) is 0. The van der Waals surface area contributed by atoms with E-state index in [-0.39, 0.29) is 0 Å². The first-order valence-electron chi connectivity index (χ1n) is 11.9. The van der Waals surface area contributed by atoms with E-state index in [0.717, 1.165) is 0 Å². The van der Waals surface area contributed by atoms with Crippen molar-refractivity contribution in [1.29, 1.82) is 0 Å². The molecule has 1 saturated carbocycles. The van der Waals surface area contributed by atoms with Gasteiger partial charge in [0.15, 0.2) is 0 Å². The fourth-order valence-electron chi connectivity index (χ4n) is 4.45. The van der Waals surface area contributed by atoms with Gasteiger partial charge in [-0.05, 0) is 78.8 Å². The summed E-state index contributed by atoms with van der Waals surface area (Å²) in [6, 6.07) is 13.6. The third kappa shape index (κ3) is 6.59. The zero-order chi connectivity index (χ0) is 21.9. The molecule has 0 bridgehead atoms. The molecule has 160 valence electrons. The minimum absolute atomic E-state index is 0.467. The summed E-state index contributed by atoms with van der Waals surface area (Å²) in [6.45, 7) is 17.1. The van der Waals surface area contributed by atoms with E-state index in [1.165, 1.54) is 71.9 Å². The van der Waals surface area contributed by atoms with Crippen molar-refractivity contribution in [2.75, 3.05) is 0 Å². The van der Waals surface area contributed by atoms with Gasteiger partial charge in [0, 0.05) is 0 Å². The van der Waals surface area contributed by atoms with Crippen molar-refractivity contribution in [3.05, 3.63) is 64.7 Å². The van der Waals surface area contributed by atoms with Crippen LogP contribution in [0.3, 0.4) is 0 Å². The first-order chi connectivity index (χ1) is 14.0. The summed E-state index contributed by atoms with van der Waals surface area (Å²) in [5.41, 5.74) is 8.93. The van der Waals surface area contributed by atoms with Crippen molar-refractivity contribution in [3.63, 3.8) is 0 Å². The Morgan fingerprint density at radius 1 is 0.828 bits per heavy atom. The minimum Gasteiger partial charge on any atom is -0.0870 e. The van der Waals surface area contributed by atoms with Crippen LogP contribution in [0.1, 0.15) is 95.9 Å². The van der Waals surface area contributed by atoms with Crippen LogP contribution in [-0.4, -0.2) is 0 Å². The number of hydrogen-bond donors (Lipinski definition) is 0. The molecule has 0 unspecified atom stereocenters. The standard InChI is InChI=1S/C25H32.2C2H6/c1-5-11-23-21(18-25(4)16-7-6-8-17-25)13-10-15-24(23)22-14-9-12-19(2)20(22)3;2*1-2/h5,9-15H,6-8,16-18H2,1-4H3;2*1-2H3/b11-5-;;. The SMILES string of the molecule is C/C=C\c1c(CC2(C)CCCCC2)cccc1-c1cccc(C)c1C.CC.CC. The molecule has 0 amide bonds. The predicted molar refractivity (Wildman–Crippen MR) is 134 cm³/mol. The minimum atomic E-state index is 0.467. The van der Waals surface area contributed by atoms with Crippen LogP contribution in [0.2, 0.25) is 0 Å². The van der Waals surface area contributed by atoms with Gasteiger partial charge in [-0.2, -0.15) is 0 Å². The van der Waals surface area contributed by atoms with E-state index < -0.39 is 0 Å². The number of rotatable bonds is 4. The van der Waals surface area contributed by atoms with Gasteiger partial charge in [-0.3, -0.25) is 0 Å². The van der Waals surface area contributed by atoms with Crippen LogP contribution >= 0.6 is 0 Å². The number of benzene rings is 2. The molecule has 2 aromatic rings. The van der Waals surface area contributed by atoms with Gasteiger partial charge in [0.05, 0.1) is 0 Å². The molecule has 0 heteroatoms. The second-order valence-electron chi connectivity index (χ2n) is 8.17. The normalized spacial score (nSPS) is 15.2. The van der Waals surface area contributed by atoms with Gasteiger partial charge in [0.1, 0.15) is 0 Å². The molecule has 1 aliphatic carbocycles. The van der Waals surface area contributed by atoms with E-state index in [9.17, 15) is 0 Å². The van der Waals surface area contributed by atoms with Crippen LogP contribution in [0, 0.1) is 19.3 Å². The van der Waals surface area contributed by atoms with Gasteiger partial charge in [-0.1, -0.05) is 102 Å². The lowest BCUT2D eigenvalue weighted by Crippen LogP contribution is -2.23. The van der Waals surface area contributed by atoms with Crippen LogP contribution in [0.15, 0.2) is 42.5 Å². The molecule has 0 atom stereocenters. The third-order valence-electron chi connectivity index (χ3n) is 6.10. The average molecular weight is 393 g/mol. The van der Waals surface area contributed by atoms with Crippen molar-refractivity contribution in [2.45, 2.75) is 93.9 Å².